The summed E-state index contributed by atoms with van der Waals surface area (Å²) in [6, 6.07) is 0.159. The van der Waals surface area contributed by atoms with E-state index in [4.69, 9.17) is 15.9 Å². The van der Waals surface area contributed by atoms with Crippen molar-refractivity contribution in [2.45, 2.75) is 19.9 Å². The lowest BCUT2D eigenvalue weighted by molar-refractivity contribution is 0.157. The Balaban J connectivity index is 2.90. The van der Waals surface area contributed by atoms with Crippen LogP contribution in [0.25, 0.3) is 0 Å². The van der Waals surface area contributed by atoms with Gasteiger partial charge in [0.15, 0.2) is 0 Å². The quantitative estimate of drug-likeness (QED) is 0.549. The number of nitrogens with one attached hydrogen (secondary N) is 1. The van der Waals surface area contributed by atoms with Gasteiger partial charge in [0.2, 0.25) is 0 Å². The number of aromatic nitrogens is 2. The van der Waals surface area contributed by atoms with E-state index in [1.165, 1.54) is 0 Å². The van der Waals surface area contributed by atoms with Crippen molar-refractivity contribution in [2.75, 3.05) is 13.7 Å². The average molecular weight is 196 g/mol. The van der Waals surface area contributed by atoms with E-state index in [9.17, 15) is 0 Å². The summed E-state index contributed by atoms with van der Waals surface area (Å²) in [7, 11) is 1.65. The Bertz CT molecular complexity index is 332. The van der Waals surface area contributed by atoms with Gasteiger partial charge in [-0.15, -0.1) is 0 Å². The monoisotopic (exact) mass is 196 g/mol. The molecule has 0 saturated heterocycles. The molecule has 0 fully saturated rings. The minimum Gasteiger partial charge on any atom is -0.384 e. The molecule has 0 radical (unpaired) electrons. The summed E-state index contributed by atoms with van der Waals surface area (Å²) in [5, 5.41) is 11.6. The van der Waals surface area contributed by atoms with E-state index >= 15 is 0 Å². The van der Waals surface area contributed by atoms with Gasteiger partial charge in [0.25, 0.3) is 0 Å². The highest BCUT2D eigenvalue weighted by molar-refractivity contribution is 5.95. The number of nitrogen functional groups attached to an aromatic ring is 1. The number of aryl methyl sites for hydroxylation is 1. The van der Waals surface area contributed by atoms with Crippen molar-refractivity contribution < 1.29 is 4.74 Å². The molecule has 5 heteroatoms. The molecule has 78 valence electrons. The van der Waals surface area contributed by atoms with Crippen molar-refractivity contribution >= 4 is 5.84 Å². The summed E-state index contributed by atoms with van der Waals surface area (Å²) in [6.07, 6.45) is 1.78. The van der Waals surface area contributed by atoms with Gasteiger partial charge in [-0.1, -0.05) is 0 Å². The minimum atomic E-state index is 0.0540. The van der Waals surface area contributed by atoms with Crippen LogP contribution in [0.3, 0.4) is 0 Å². The summed E-state index contributed by atoms with van der Waals surface area (Å²) >= 11 is 0. The standard InChI is InChI=1S/C9H16N4O/c1-6(5-14-3)13-4-8(9(10)11)7(2)12-13/h4,6H,5H2,1-3H3,(H3,10,11). The van der Waals surface area contributed by atoms with Gasteiger partial charge in [0, 0.05) is 13.3 Å². The highest BCUT2D eigenvalue weighted by Gasteiger charge is 2.11. The zero-order valence-corrected chi connectivity index (χ0v) is 8.74. The van der Waals surface area contributed by atoms with Crippen LogP contribution in [-0.4, -0.2) is 29.3 Å². The number of ether oxygens (including phenoxy) is 1. The minimum absolute atomic E-state index is 0.0540. The maximum Gasteiger partial charge on any atom is 0.126 e. The first-order valence-electron chi connectivity index (χ1n) is 4.45. The number of nitrogens with zero attached hydrogens (tertiary/aromatic N) is 2. The lowest BCUT2D eigenvalue weighted by atomic mass is 10.2. The Kier molecular flexibility index (Phi) is 3.24. The molecule has 5 nitrogen and oxygen atoms in total. The van der Waals surface area contributed by atoms with Crippen molar-refractivity contribution in [1.82, 2.24) is 9.78 Å². The summed E-state index contributed by atoms with van der Waals surface area (Å²) < 4.78 is 6.80. The Morgan fingerprint density at radius 1 is 1.79 bits per heavy atom. The molecule has 14 heavy (non-hydrogen) atoms. The van der Waals surface area contributed by atoms with Crippen LogP contribution >= 0.6 is 0 Å². The fourth-order valence-corrected chi connectivity index (χ4v) is 1.29. The van der Waals surface area contributed by atoms with Crippen molar-refractivity contribution in [2.24, 2.45) is 5.73 Å². The first-order valence-corrected chi connectivity index (χ1v) is 4.45. The van der Waals surface area contributed by atoms with E-state index in [0.717, 1.165) is 5.69 Å². The molecule has 1 aromatic heterocycles. The molecule has 0 amide bonds. The Morgan fingerprint density at radius 3 is 2.86 bits per heavy atom. The van der Waals surface area contributed by atoms with Gasteiger partial charge >= 0.3 is 0 Å². The third-order valence-electron chi connectivity index (χ3n) is 2.07. The van der Waals surface area contributed by atoms with E-state index in [2.05, 4.69) is 5.10 Å². The van der Waals surface area contributed by atoms with Crippen LogP contribution in [0.2, 0.25) is 0 Å². The predicted molar refractivity (Wildman–Crippen MR) is 54.6 cm³/mol. The van der Waals surface area contributed by atoms with Crippen molar-refractivity contribution in [3.8, 4) is 0 Å². The molecule has 1 atom stereocenters. The number of rotatable bonds is 4. The van der Waals surface area contributed by atoms with Crippen molar-refractivity contribution in [1.29, 1.82) is 5.41 Å². The van der Waals surface area contributed by atoms with Crippen LogP contribution in [0.1, 0.15) is 24.2 Å². The third kappa shape index (κ3) is 2.11. The number of hydrogen-bond donors (Lipinski definition) is 2. The predicted octanol–water partition coefficient (Wildman–Crippen LogP) is 0.683. The van der Waals surface area contributed by atoms with Crippen LogP contribution < -0.4 is 5.73 Å². The molecule has 0 bridgehead atoms. The number of amidine groups is 1. The lowest BCUT2D eigenvalue weighted by Crippen LogP contribution is -2.12. The number of nitrogens with two attached hydrogens (primary N) is 1. The zero-order chi connectivity index (χ0) is 10.7. The van der Waals surface area contributed by atoms with Crippen molar-refractivity contribution in [3.63, 3.8) is 0 Å². The normalized spacial score (nSPS) is 12.8. The fourth-order valence-electron chi connectivity index (χ4n) is 1.29. The maximum atomic E-state index is 7.33. The Labute approximate surface area is 83.4 Å². The molecular weight excluding hydrogens is 180 g/mol. The van der Waals surface area contributed by atoms with Gasteiger partial charge in [0.1, 0.15) is 5.84 Å². The molecule has 1 heterocycles. The van der Waals surface area contributed by atoms with Crippen LogP contribution in [0.5, 0.6) is 0 Å². The molecule has 0 saturated carbocycles. The van der Waals surface area contributed by atoms with Crippen LogP contribution in [-0.2, 0) is 4.74 Å². The van der Waals surface area contributed by atoms with Crippen LogP contribution in [0.15, 0.2) is 6.20 Å². The largest absolute Gasteiger partial charge is 0.384 e. The highest BCUT2D eigenvalue weighted by atomic mass is 16.5. The molecule has 0 aliphatic carbocycles. The summed E-state index contributed by atoms with van der Waals surface area (Å²) in [4.78, 5) is 0. The number of hydrogen-bond acceptors (Lipinski definition) is 3. The molecule has 0 spiro atoms. The first-order chi connectivity index (χ1) is 6.56. The molecule has 0 aliphatic rings. The van der Waals surface area contributed by atoms with E-state index in [-0.39, 0.29) is 11.9 Å². The smallest absolute Gasteiger partial charge is 0.126 e. The average Bonchev–Trinajstić information content (AvgIpc) is 2.48. The second-order valence-corrected chi connectivity index (χ2v) is 3.33. The molecule has 1 rings (SSSR count). The SMILES string of the molecule is COCC(C)n1cc(C(=N)N)c(C)n1. The second-order valence-electron chi connectivity index (χ2n) is 3.33. The van der Waals surface area contributed by atoms with Crippen molar-refractivity contribution in [3.05, 3.63) is 17.5 Å². The van der Waals surface area contributed by atoms with E-state index < -0.39 is 0 Å². The molecule has 1 unspecified atom stereocenters. The van der Waals surface area contributed by atoms with Gasteiger partial charge in [-0.3, -0.25) is 10.1 Å². The molecule has 3 N–H and O–H groups in total. The van der Waals surface area contributed by atoms with Crippen LogP contribution in [0.4, 0.5) is 0 Å². The van der Waals surface area contributed by atoms with Gasteiger partial charge in [-0.05, 0) is 13.8 Å². The summed E-state index contributed by atoms with van der Waals surface area (Å²) in [5.41, 5.74) is 6.87. The summed E-state index contributed by atoms with van der Waals surface area (Å²) in [5.74, 6) is 0.0540. The molecule has 0 aliphatic heterocycles. The highest BCUT2D eigenvalue weighted by Crippen LogP contribution is 2.10. The van der Waals surface area contributed by atoms with Gasteiger partial charge in [0.05, 0.1) is 23.9 Å². The van der Waals surface area contributed by atoms with Gasteiger partial charge in [-0.25, -0.2) is 0 Å². The van der Waals surface area contributed by atoms with Crippen LogP contribution in [0, 0.1) is 12.3 Å². The number of methoxy groups -OCH3 is 1. The Hall–Kier alpha value is -1.36. The molecular formula is C9H16N4O. The fraction of sp³-hybridized carbons (Fsp3) is 0.556. The molecule has 1 aromatic rings. The van der Waals surface area contributed by atoms with E-state index in [0.29, 0.717) is 12.2 Å². The second kappa shape index (κ2) is 4.23. The van der Waals surface area contributed by atoms with E-state index in [1.807, 2.05) is 13.8 Å². The maximum absolute atomic E-state index is 7.33. The third-order valence-corrected chi connectivity index (χ3v) is 2.07. The topological polar surface area (TPSA) is 76.9 Å². The summed E-state index contributed by atoms with van der Waals surface area (Å²) in [6.45, 7) is 4.44. The van der Waals surface area contributed by atoms with E-state index in [1.54, 1.807) is 18.0 Å². The Morgan fingerprint density at radius 2 is 2.43 bits per heavy atom. The molecule has 0 aromatic carbocycles. The first kappa shape index (κ1) is 10.7. The zero-order valence-electron chi connectivity index (χ0n) is 8.74. The van der Waals surface area contributed by atoms with Gasteiger partial charge < -0.3 is 10.5 Å². The lowest BCUT2D eigenvalue weighted by Gasteiger charge is -2.09. The van der Waals surface area contributed by atoms with Gasteiger partial charge in [-0.2, -0.15) is 5.10 Å².